The second-order valence-electron chi connectivity index (χ2n) is 4.99. The topological polar surface area (TPSA) is 44.9 Å². The molecule has 0 unspecified atom stereocenters. The third-order valence-corrected chi connectivity index (χ3v) is 3.69. The zero-order valence-corrected chi connectivity index (χ0v) is 11.0. The lowest BCUT2D eigenvalue weighted by atomic mass is 10.0. The molecule has 0 aliphatic carbocycles. The molecule has 1 aliphatic heterocycles. The normalized spacial score (nSPS) is 15.5. The number of halogens is 1. The molecule has 4 heteroatoms. The van der Waals surface area contributed by atoms with Crippen molar-refractivity contribution in [2.24, 2.45) is 0 Å². The first kappa shape index (κ1) is 11.9. The summed E-state index contributed by atoms with van der Waals surface area (Å²) in [6.07, 6.45) is 3.70. The molecule has 0 saturated carbocycles. The molecule has 3 aromatic rings. The lowest BCUT2D eigenvalue weighted by Gasteiger charge is -1.98. The van der Waals surface area contributed by atoms with Crippen LogP contribution in [0.25, 0.3) is 22.6 Å². The Morgan fingerprint density at radius 1 is 1.10 bits per heavy atom. The van der Waals surface area contributed by atoms with Gasteiger partial charge in [-0.2, -0.15) is 0 Å². The van der Waals surface area contributed by atoms with E-state index in [4.69, 9.17) is 0 Å². The molecule has 1 amide bonds. The molecule has 2 N–H and O–H groups in total. The summed E-state index contributed by atoms with van der Waals surface area (Å²) in [5.41, 5.74) is 3.75. The van der Waals surface area contributed by atoms with Gasteiger partial charge in [-0.15, -0.1) is 0 Å². The maximum atomic E-state index is 13.2. The van der Waals surface area contributed by atoms with Crippen molar-refractivity contribution in [2.75, 3.05) is 5.32 Å². The number of amides is 1. The minimum atomic E-state index is -0.359. The van der Waals surface area contributed by atoms with Crippen molar-refractivity contribution in [3.63, 3.8) is 0 Å². The van der Waals surface area contributed by atoms with Gasteiger partial charge >= 0.3 is 0 Å². The van der Waals surface area contributed by atoms with Gasteiger partial charge in [-0.1, -0.05) is 18.2 Å². The van der Waals surface area contributed by atoms with Gasteiger partial charge in [-0.25, -0.2) is 4.39 Å². The lowest BCUT2D eigenvalue weighted by Crippen LogP contribution is -2.03. The maximum Gasteiger partial charge on any atom is 0.256 e. The van der Waals surface area contributed by atoms with Crippen molar-refractivity contribution >= 4 is 34.1 Å². The molecular formula is C17H11FN2O. The van der Waals surface area contributed by atoms with Gasteiger partial charge in [0.15, 0.2) is 0 Å². The summed E-state index contributed by atoms with van der Waals surface area (Å²) in [6.45, 7) is 0. The van der Waals surface area contributed by atoms with Gasteiger partial charge in [0, 0.05) is 33.8 Å². The first-order chi connectivity index (χ1) is 10.2. The van der Waals surface area contributed by atoms with E-state index in [-0.39, 0.29) is 11.7 Å². The number of hydrogen-bond donors (Lipinski definition) is 2. The molecule has 0 atom stereocenters. The molecule has 21 heavy (non-hydrogen) atoms. The largest absolute Gasteiger partial charge is 0.361 e. The number of carbonyl (C=O) groups is 1. The van der Waals surface area contributed by atoms with Crippen LogP contribution in [0.1, 0.15) is 11.1 Å². The van der Waals surface area contributed by atoms with Gasteiger partial charge in [0.2, 0.25) is 0 Å². The summed E-state index contributed by atoms with van der Waals surface area (Å²) in [6, 6.07) is 12.2. The van der Waals surface area contributed by atoms with Crippen LogP contribution in [0.5, 0.6) is 0 Å². The van der Waals surface area contributed by atoms with E-state index in [0.29, 0.717) is 11.3 Å². The van der Waals surface area contributed by atoms with Gasteiger partial charge in [-0.05, 0) is 30.3 Å². The Morgan fingerprint density at radius 3 is 2.86 bits per heavy atom. The van der Waals surface area contributed by atoms with Crippen molar-refractivity contribution in [3.8, 4) is 0 Å². The van der Waals surface area contributed by atoms with Gasteiger partial charge < -0.3 is 10.3 Å². The number of aromatic amines is 1. The monoisotopic (exact) mass is 278 g/mol. The van der Waals surface area contributed by atoms with E-state index in [1.807, 2.05) is 36.5 Å². The predicted octanol–water partition coefficient (Wildman–Crippen LogP) is 3.80. The van der Waals surface area contributed by atoms with E-state index in [0.717, 1.165) is 22.0 Å². The fourth-order valence-corrected chi connectivity index (χ4v) is 2.68. The van der Waals surface area contributed by atoms with Crippen LogP contribution in [0.3, 0.4) is 0 Å². The van der Waals surface area contributed by atoms with Crippen LogP contribution < -0.4 is 5.32 Å². The zero-order valence-electron chi connectivity index (χ0n) is 11.0. The number of nitrogens with one attached hydrogen (secondary N) is 2. The second kappa shape index (κ2) is 4.31. The molecule has 2 aromatic carbocycles. The Labute approximate surface area is 120 Å². The predicted molar refractivity (Wildman–Crippen MR) is 81.2 cm³/mol. The number of benzene rings is 2. The lowest BCUT2D eigenvalue weighted by molar-refractivity contribution is -0.110. The third-order valence-electron chi connectivity index (χ3n) is 3.69. The van der Waals surface area contributed by atoms with E-state index in [1.54, 1.807) is 6.07 Å². The van der Waals surface area contributed by atoms with E-state index >= 15 is 0 Å². The molecule has 0 radical (unpaired) electrons. The van der Waals surface area contributed by atoms with Crippen LogP contribution >= 0.6 is 0 Å². The van der Waals surface area contributed by atoms with E-state index in [2.05, 4.69) is 10.3 Å². The Balaban J connectivity index is 1.89. The zero-order chi connectivity index (χ0) is 14.4. The van der Waals surface area contributed by atoms with Crippen LogP contribution in [-0.4, -0.2) is 10.9 Å². The minimum absolute atomic E-state index is 0.208. The number of para-hydroxylation sites is 1. The molecule has 4 rings (SSSR count). The molecule has 1 aromatic heterocycles. The van der Waals surface area contributed by atoms with Crippen LogP contribution in [0.2, 0.25) is 0 Å². The summed E-state index contributed by atoms with van der Waals surface area (Å²) in [4.78, 5) is 15.3. The number of hydrogen-bond acceptors (Lipinski definition) is 1. The van der Waals surface area contributed by atoms with Crippen LogP contribution in [0.4, 0.5) is 10.1 Å². The summed E-state index contributed by atoms with van der Waals surface area (Å²) in [5, 5.41) is 3.74. The molecule has 0 bridgehead atoms. The first-order valence-electron chi connectivity index (χ1n) is 6.61. The van der Waals surface area contributed by atoms with Crippen molar-refractivity contribution in [3.05, 3.63) is 65.6 Å². The molecular weight excluding hydrogens is 267 g/mol. The number of rotatable bonds is 1. The number of aromatic nitrogens is 1. The van der Waals surface area contributed by atoms with Gasteiger partial charge in [0.25, 0.3) is 5.91 Å². The summed E-state index contributed by atoms with van der Waals surface area (Å²) in [5.74, 6) is -0.566. The average Bonchev–Trinajstić information content (AvgIpc) is 3.01. The molecule has 0 fully saturated rings. The minimum Gasteiger partial charge on any atom is -0.361 e. The number of anilines is 1. The number of H-pyrrole nitrogens is 1. The Kier molecular flexibility index (Phi) is 2.44. The van der Waals surface area contributed by atoms with E-state index in [9.17, 15) is 9.18 Å². The first-order valence-corrected chi connectivity index (χ1v) is 6.61. The van der Waals surface area contributed by atoms with Crippen LogP contribution in [0, 0.1) is 5.82 Å². The second-order valence-corrected chi connectivity index (χ2v) is 4.99. The smallest absolute Gasteiger partial charge is 0.256 e. The van der Waals surface area contributed by atoms with E-state index < -0.39 is 0 Å². The fraction of sp³-hybridized carbons (Fsp3) is 0. The highest BCUT2D eigenvalue weighted by Crippen LogP contribution is 2.34. The molecule has 2 heterocycles. The van der Waals surface area contributed by atoms with Gasteiger partial charge in [-0.3, -0.25) is 4.79 Å². The average molecular weight is 278 g/mol. The SMILES string of the molecule is O=C1Nc2cc(F)ccc2/C1=C\c1c[nH]c2ccccc12. The summed E-state index contributed by atoms with van der Waals surface area (Å²) in [7, 11) is 0. The summed E-state index contributed by atoms with van der Waals surface area (Å²) >= 11 is 0. The van der Waals surface area contributed by atoms with Gasteiger partial charge in [0.1, 0.15) is 5.82 Å². The number of carbonyl (C=O) groups excluding carboxylic acids is 1. The Hall–Kier alpha value is -2.88. The van der Waals surface area contributed by atoms with Crippen LogP contribution in [0.15, 0.2) is 48.7 Å². The highest BCUT2D eigenvalue weighted by Gasteiger charge is 2.24. The molecule has 1 aliphatic rings. The van der Waals surface area contributed by atoms with Crippen molar-refractivity contribution in [2.45, 2.75) is 0 Å². The maximum absolute atomic E-state index is 13.2. The number of fused-ring (bicyclic) bond motifs is 2. The highest BCUT2D eigenvalue weighted by molar-refractivity contribution is 6.35. The highest BCUT2D eigenvalue weighted by atomic mass is 19.1. The van der Waals surface area contributed by atoms with Crippen LogP contribution in [-0.2, 0) is 4.79 Å². The van der Waals surface area contributed by atoms with Crippen molar-refractivity contribution in [1.82, 2.24) is 4.98 Å². The van der Waals surface area contributed by atoms with E-state index in [1.165, 1.54) is 12.1 Å². The Morgan fingerprint density at radius 2 is 1.95 bits per heavy atom. The molecule has 102 valence electrons. The third kappa shape index (κ3) is 1.84. The Bertz CT molecular complexity index is 908. The molecule has 0 spiro atoms. The van der Waals surface area contributed by atoms with Gasteiger partial charge in [0.05, 0.1) is 5.69 Å². The van der Waals surface area contributed by atoms with Crippen molar-refractivity contribution in [1.29, 1.82) is 0 Å². The molecule has 0 saturated heterocycles. The fourth-order valence-electron chi connectivity index (χ4n) is 2.68. The summed E-state index contributed by atoms with van der Waals surface area (Å²) < 4.78 is 13.2. The van der Waals surface area contributed by atoms with Crippen molar-refractivity contribution < 1.29 is 9.18 Å². The molecule has 3 nitrogen and oxygen atoms in total. The quantitative estimate of drug-likeness (QED) is 0.653. The standard InChI is InChI=1S/C17H11FN2O/c18-11-5-6-13-14(17(21)20-16(13)8-11)7-10-9-19-15-4-2-1-3-12(10)15/h1-9,19H,(H,20,21)/b14-7+.